The van der Waals surface area contributed by atoms with Gasteiger partial charge in [-0.25, -0.2) is 0 Å². The largest absolute Gasteiger partial charge is 0.508 e. The number of hydrogen-bond donors (Lipinski definition) is 3. The molecule has 2 unspecified atom stereocenters. The van der Waals surface area contributed by atoms with Gasteiger partial charge in [0, 0.05) is 6.04 Å². The first kappa shape index (κ1) is 11.9. The average molecular weight is 234 g/mol. The van der Waals surface area contributed by atoms with E-state index in [2.05, 4.69) is 12.2 Å². The van der Waals surface area contributed by atoms with Crippen molar-refractivity contribution in [2.45, 2.75) is 31.8 Å². The van der Waals surface area contributed by atoms with Gasteiger partial charge in [0.2, 0.25) is 5.91 Å². The van der Waals surface area contributed by atoms with Gasteiger partial charge in [-0.3, -0.25) is 4.79 Å². The van der Waals surface area contributed by atoms with Gasteiger partial charge in [0.05, 0.1) is 6.04 Å². The molecule has 1 saturated carbocycles. The zero-order valence-electron chi connectivity index (χ0n) is 9.89. The molecule has 0 saturated heterocycles. The number of phenolic OH excluding ortho intramolecular Hbond substituents is 1. The number of carbonyl (C=O) groups excluding carboxylic acids is 1. The lowest BCUT2D eigenvalue weighted by Crippen LogP contribution is -2.43. The third-order valence-electron chi connectivity index (χ3n) is 3.17. The number of amides is 1. The minimum atomic E-state index is -0.521. The zero-order chi connectivity index (χ0) is 12.4. The van der Waals surface area contributed by atoms with Crippen LogP contribution in [0.3, 0.4) is 0 Å². The zero-order valence-corrected chi connectivity index (χ0v) is 9.89. The van der Waals surface area contributed by atoms with Crippen molar-refractivity contribution >= 4 is 5.91 Å². The first-order valence-corrected chi connectivity index (χ1v) is 5.90. The van der Waals surface area contributed by atoms with E-state index < -0.39 is 6.04 Å². The van der Waals surface area contributed by atoms with E-state index >= 15 is 0 Å². The van der Waals surface area contributed by atoms with Gasteiger partial charge in [-0.1, -0.05) is 19.1 Å². The van der Waals surface area contributed by atoms with E-state index in [1.807, 2.05) is 0 Å². The van der Waals surface area contributed by atoms with Crippen LogP contribution in [0.25, 0.3) is 0 Å². The number of phenols is 1. The van der Waals surface area contributed by atoms with Crippen LogP contribution in [0, 0.1) is 5.92 Å². The maximum Gasteiger partial charge on any atom is 0.237 e. The summed E-state index contributed by atoms with van der Waals surface area (Å²) in [7, 11) is 0. The Morgan fingerprint density at radius 2 is 2.12 bits per heavy atom. The number of rotatable bonds is 4. The van der Waals surface area contributed by atoms with Crippen LogP contribution in [-0.4, -0.2) is 23.1 Å². The average Bonchev–Trinajstić information content (AvgIpc) is 2.97. The van der Waals surface area contributed by atoms with Crippen molar-refractivity contribution in [3.8, 4) is 5.75 Å². The summed E-state index contributed by atoms with van der Waals surface area (Å²) in [6.07, 6.45) is 1.55. The van der Waals surface area contributed by atoms with E-state index in [9.17, 15) is 4.79 Å². The van der Waals surface area contributed by atoms with Gasteiger partial charge in [0.15, 0.2) is 0 Å². The lowest BCUT2D eigenvalue weighted by Gasteiger charge is -2.12. The first-order valence-electron chi connectivity index (χ1n) is 5.90. The first-order chi connectivity index (χ1) is 8.06. The molecular weight excluding hydrogens is 216 g/mol. The highest BCUT2D eigenvalue weighted by Gasteiger charge is 2.34. The summed E-state index contributed by atoms with van der Waals surface area (Å²) in [6.45, 7) is 2.11. The van der Waals surface area contributed by atoms with Crippen LogP contribution in [0.15, 0.2) is 24.3 Å². The Balaban J connectivity index is 1.85. The molecule has 1 aromatic rings. The van der Waals surface area contributed by atoms with Crippen molar-refractivity contribution in [1.82, 2.24) is 5.32 Å². The summed E-state index contributed by atoms with van der Waals surface area (Å²) >= 11 is 0. The molecular formula is C13H18N2O2. The maximum absolute atomic E-state index is 11.7. The summed E-state index contributed by atoms with van der Waals surface area (Å²) in [6, 6.07) is 6.55. The van der Waals surface area contributed by atoms with Crippen molar-refractivity contribution in [2.75, 3.05) is 0 Å². The fourth-order valence-corrected chi connectivity index (χ4v) is 1.79. The molecule has 1 aliphatic carbocycles. The number of hydrogen-bond acceptors (Lipinski definition) is 3. The van der Waals surface area contributed by atoms with Crippen molar-refractivity contribution in [3.05, 3.63) is 29.8 Å². The highest BCUT2D eigenvalue weighted by atomic mass is 16.3. The molecule has 92 valence electrons. The Bertz CT molecular complexity index is 402. The molecule has 1 amide bonds. The van der Waals surface area contributed by atoms with E-state index in [1.54, 1.807) is 24.3 Å². The normalized spacial score (nSPS) is 24.1. The standard InChI is InChI=1S/C13H18N2O2/c1-8-6-12(8)15-13(17)11(14)7-9-2-4-10(16)5-3-9/h2-5,8,11-12,16H,6-7,14H2,1H3,(H,15,17)/t8?,11-,12?/m0/s1. The number of carbonyl (C=O) groups is 1. The molecule has 1 aliphatic rings. The van der Waals surface area contributed by atoms with Gasteiger partial charge in [-0.15, -0.1) is 0 Å². The summed E-state index contributed by atoms with van der Waals surface area (Å²) in [5, 5.41) is 12.1. The van der Waals surface area contributed by atoms with Crippen molar-refractivity contribution in [1.29, 1.82) is 0 Å². The Hall–Kier alpha value is -1.55. The predicted molar refractivity (Wildman–Crippen MR) is 65.5 cm³/mol. The monoisotopic (exact) mass is 234 g/mol. The van der Waals surface area contributed by atoms with E-state index in [0.29, 0.717) is 18.4 Å². The highest BCUT2D eigenvalue weighted by Crippen LogP contribution is 2.28. The van der Waals surface area contributed by atoms with Gasteiger partial charge < -0.3 is 16.2 Å². The molecule has 0 radical (unpaired) electrons. The molecule has 0 bridgehead atoms. The summed E-state index contributed by atoms with van der Waals surface area (Å²) in [4.78, 5) is 11.7. The topological polar surface area (TPSA) is 75.4 Å². The molecule has 4 N–H and O–H groups in total. The van der Waals surface area contributed by atoms with Crippen molar-refractivity contribution in [2.24, 2.45) is 11.7 Å². The van der Waals surface area contributed by atoms with Crippen LogP contribution in [0.5, 0.6) is 5.75 Å². The van der Waals surface area contributed by atoms with Crippen molar-refractivity contribution in [3.63, 3.8) is 0 Å². The molecule has 4 heteroatoms. The van der Waals surface area contributed by atoms with Crippen LogP contribution < -0.4 is 11.1 Å². The number of nitrogens with two attached hydrogens (primary N) is 1. The molecule has 2 rings (SSSR count). The number of benzene rings is 1. The second-order valence-electron chi connectivity index (χ2n) is 4.81. The molecule has 17 heavy (non-hydrogen) atoms. The third kappa shape index (κ3) is 3.20. The lowest BCUT2D eigenvalue weighted by molar-refractivity contribution is -0.122. The predicted octanol–water partition coefficient (Wildman–Crippen LogP) is 0.787. The van der Waals surface area contributed by atoms with Crippen LogP contribution in [0.4, 0.5) is 0 Å². The summed E-state index contributed by atoms with van der Waals surface area (Å²) in [5.74, 6) is 0.714. The molecule has 3 atom stereocenters. The Kier molecular flexibility index (Phi) is 3.33. The molecule has 1 fully saturated rings. The van der Waals surface area contributed by atoms with Crippen LogP contribution in [0.1, 0.15) is 18.9 Å². The highest BCUT2D eigenvalue weighted by molar-refractivity contribution is 5.82. The van der Waals surface area contributed by atoms with E-state index in [-0.39, 0.29) is 11.7 Å². The smallest absolute Gasteiger partial charge is 0.237 e. The minimum absolute atomic E-state index is 0.0903. The SMILES string of the molecule is CC1CC1NC(=O)[C@@H](N)Cc1ccc(O)cc1. The fraction of sp³-hybridized carbons (Fsp3) is 0.462. The van der Waals surface area contributed by atoms with E-state index in [1.165, 1.54) is 0 Å². The summed E-state index contributed by atoms with van der Waals surface area (Å²) in [5.41, 5.74) is 6.79. The molecule has 4 nitrogen and oxygen atoms in total. The number of aromatic hydroxyl groups is 1. The number of nitrogens with one attached hydrogen (secondary N) is 1. The van der Waals surface area contributed by atoms with Crippen LogP contribution >= 0.6 is 0 Å². The second kappa shape index (κ2) is 4.75. The third-order valence-corrected chi connectivity index (χ3v) is 3.17. The fourth-order valence-electron chi connectivity index (χ4n) is 1.79. The molecule has 0 aliphatic heterocycles. The quantitative estimate of drug-likeness (QED) is 0.721. The Labute approximate surface area is 101 Å². The van der Waals surface area contributed by atoms with Gasteiger partial charge >= 0.3 is 0 Å². The maximum atomic E-state index is 11.7. The Morgan fingerprint density at radius 1 is 1.53 bits per heavy atom. The van der Waals surface area contributed by atoms with E-state index in [0.717, 1.165) is 12.0 Å². The van der Waals surface area contributed by atoms with Gasteiger partial charge in [-0.05, 0) is 36.5 Å². The van der Waals surface area contributed by atoms with E-state index in [4.69, 9.17) is 10.8 Å². The Morgan fingerprint density at radius 3 is 2.65 bits per heavy atom. The molecule has 1 aromatic carbocycles. The molecule has 0 spiro atoms. The molecule has 0 aromatic heterocycles. The minimum Gasteiger partial charge on any atom is -0.508 e. The van der Waals surface area contributed by atoms with Crippen LogP contribution in [-0.2, 0) is 11.2 Å². The van der Waals surface area contributed by atoms with Gasteiger partial charge in [0.25, 0.3) is 0 Å². The van der Waals surface area contributed by atoms with Crippen LogP contribution in [0.2, 0.25) is 0 Å². The lowest BCUT2D eigenvalue weighted by atomic mass is 10.1. The second-order valence-corrected chi connectivity index (χ2v) is 4.81. The van der Waals surface area contributed by atoms with Gasteiger partial charge in [0.1, 0.15) is 5.75 Å². The summed E-state index contributed by atoms with van der Waals surface area (Å²) < 4.78 is 0. The van der Waals surface area contributed by atoms with Crippen molar-refractivity contribution < 1.29 is 9.90 Å². The molecule has 0 heterocycles. The van der Waals surface area contributed by atoms with Gasteiger partial charge in [-0.2, -0.15) is 0 Å².